The molecule has 2 aromatic carbocycles. The molecule has 0 saturated heterocycles. The topological polar surface area (TPSA) is 65.2 Å². The number of furan rings is 1. The van der Waals surface area contributed by atoms with Crippen LogP contribution in [0, 0.1) is 0 Å². The predicted octanol–water partition coefficient (Wildman–Crippen LogP) is 2.08. The van der Waals surface area contributed by atoms with Crippen LogP contribution in [0.25, 0.3) is 28.3 Å². The second-order valence-corrected chi connectivity index (χ2v) is 5.90. The summed E-state index contributed by atoms with van der Waals surface area (Å²) in [5.74, 6) is 0. The van der Waals surface area contributed by atoms with Crippen molar-refractivity contribution in [1.29, 1.82) is 0 Å². The van der Waals surface area contributed by atoms with Crippen molar-refractivity contribution in [2.24, 2.45) is 5.73 Å². The molecule has 2 aliphatic carbocycles. The molecule has 3 nitrogen and oxygen atoms in total. The van der Waals surface area contributed by atoms with E-state index in [1.807, 2.05) is 30.3 Å². The van der Waals surface area contributed by atoms with E-state index in [1.165, 1.54) is 16.7 Å². The number of fused-ring (bicyclic) bond motifs is 6. The second kappa shape index (κ2) is 3.83. The Morgan fingerprint density at radius 2 is 1.86 bits per heavy atom. The normalized spacial score (nSPS) is 15.5. The summed E-state index contributed by atoms with van der Waals surface area (Å²) in [6.07, 6.45) is 2.91. The van der Waals surface area contributed by atoms with E-state index in [2.05, 4.69) is 18.2 Å². The first kappa shape index (κ1) is 11.7. The van der Waals surface area contributed by atoms with Crippen molar-refractivity contribution < 1.29 is 4.42 Å². The smallest absolute Gasteiger partial charge is 0.155 e. The molecule has 5 rings (SSSR count). The number of nitrogens with two attached hydrogens (primary N) is 2. The Morgan fingerprint density at radius 1 is 1.00 bits per heavy atom. The van der Waals surface area contributed by atoms with E-state index in [0.717, 1.165) is 45.0 Å². The minimum absolute atomic E-state index is 0.719. The molecule has 0 saturated carbocycles. The molecule has 0 aliphatic heterocycles. The van der Waals surface area contributed by atoms with Gasteiger partial charge in [0.05, 0.1) is 5.70 Å². The van der Waals surface area contributed by atoms with Gasteiger partial charge in [0.15, 0.2) is 5.42 Å². The van der Waals surface area contributed by atoms with E-state index >= 15 is 0 Å². The maximum Gasteiger partial charge on any atom is 0.155 e. The lowest BCUT2D eigenvalue weighted by atomic mass is 9.93. The van der Waals surface area contributed by atoms with Gasteiger partial charge in [-0.3, -0.25) is 0 Å². The van der Waals surface area contributed by atoms with Gasteiger partial charge in [-0.05, 0) is 40.5 Å². The van der Waals surface area contributed by atoms with Gasteiger partial charge < -0.3 is 15.9 Å². The Hall–Kier alpha value is -2.94. The molecule has 2 aliphatic rings. The molecule has 0 unspecified atom stereocenters. The Balaban J connectivity index is 2.05. The van der Waals surface area contributed by atoms with Crippen molar-refractivity contribution in [3.63, 3.8) is 0 Å². The zero-order valence-electron chi connectivity index (χ0n) is 11.9. The van der Waals surface area contributed by atoms with E-state index in [-0.39, 0.29) is 0 Å². The second-order valence-electron chi connectivity index (χ2n) is 5.90. The van der Waals surface area contributed by atoms with Crippen LogP contribution < -0.4 is 22.1 Å². The van der Waals surface area contributed by atoms with Crippen LogP contribution in [0.5, 0.6) is 0 Å². The molecular formula is C19H14N2O. The van der Waals surface area contributed by atoms with Crippen LogP contribution in [0.15, 0.2) is 52.5 Å². The van der Waals surface area contributed by atoms with Gasteiger partial charge in [-0.1, -0.05) is 30.3 Å². The number of benzene rings is 2. The van der Waals surface area contributed by atoms with Gasteiger partial charge in [0, 0.05) is 22.7 Å². The number of hydrogen-bond acceptors (Lipinski definition) is 3. The molecule has 0 bridgehead atoms. The number of hydrogen-bond donors (Lipinski definition) is 2. The average molecular weight is 286 g/mol. The maximum atomic E-state index is 6.28. The molecule has 0 amide bonds. The quantitative estimate of drug-likeness (QED) is 0.622. The molecule has 106 valence electrons. The third-order valence-electron chi connectivity index (χ3n) is 4.51. The largest absolute Gasteiger partial charge is 0.454 e. The van der Waals surface area contributed by atoms with E-state index in [4.69, 9.17) is 15.9 Å². The number of rotatable bonds is 0. The van der Waals surface area contributed by atoms with Gasteiger partial charge in [0.2, 0.25) is 0 Å². The molecular weight excluding hydrogens is 272 g/mol. The fourth-order valence-electron chi connectivity index (χ4n) is 3.60. The molecule has 22 heavy (non-hydrogen) atoms. The summed E-state index contributed by atoms with van der Waals surface area (Å²) in [7, 11) is 0. The summed E-state index contributed by atoms with van der Waals surface area (Å²) in [4.78, 5) is 0. The fourth-order valence-corrected chi connectivity index (χ4v) is 3.60. The van der Waals surface area contributed by atoms with Crippen molar-refractivity contribution in [2.75, 3.05) is 5.73 Å². The summed E-state index contributed by atoms with van der Waals surface area (Å²) in [5, 5.41) is 2.24. The summed E-state index contributed by atoms with van der Waals surface area (Å²) >= 11 is 0. The Kier molecular flexibility index (Phi) is 2.03. The lowest BCUT2D eigenvalue weighted by Gasteiger charge is -2.11. The van der Waals surface area contributed by atoms with Gasteiger partial charge in [-0.15, -0.1) is 0 Å². The minimum Gasteiger partial charge on any atom is -0.454 e. The maximum absolute atomic E-state index is 6.28. The van der Waals surface area contributed by atoms with Crippen LogP contribution in [-0.4, -0.2) is 0 Å². The number of nitrogen functional groups attached to an aromatic ring is 1. The molecule has 0 fully saturated rings. The third-order valence-corrected chi connectivity index (χ3v) is 4.51. The molecule has 0 atom stereocenters. The van der Waals surface area contributed by atoms with E-state index in [1.54, 1.807) is 0 Å². The monoisotopic (exact) mass is 286 g/mol. The van der Waals surface area contributed by atoms with Crippen molar-refractivity contribution >= 4 is 34.0 Å². The lowest BCUT2D eigenvalue weighted by Crippen LogP contribution is -2.32. The minimum atomic E-state index is 0.719. The van der Waals surface area contributed by atoms with Gasteiger partial charge in [-0.25, -0.2) is 0 Å². The molecule has 0 spiro atoms. The highest BCUT2D eigenvalue weighted by Crippen LogP contribution is 2.38. The van der Waals surface area contributed by atoms with Crippen molar-refractivity contribution in [3.05, 3.63) is 69.8 Å². The van der Waals surface area contributed by atoms with E-state index in [0.29, 0.717) is 0 Å². The molecule has 1 aromatic heterocycles. The lowest BCUT2D eigenvalue weighted by molar-refractivity contribution is 0.568. The van der Waals surface area contributed by atoms with E-state index < -0.39 is 0 Å². The molecule has 3 heteroatoms. The van der Waals surface area contributed by atoms with Crippen LogP contribution in [-0.2, 0) is 0 Å². The van der Waals surface area contributed by atoms with Crippen LogP contribution in [0.4, 0.5) is 5.69 Å². The third kappa shape index (κ3) is 1.35. The van der Waals surface area contributed by atoms with Crippen LogP contribution in [0.1, 0.15) is 17.5 Å². The first-order valence-corrected chi connectivity index (χ1v) is 7.34. The fraction of sp³-hybridized carbons (Fsp3) is 0.0526. The van der Waals surface area contributed by atoms with Gasteiger partial charge >= 0.3 is 0 Å². The Morgan fingerprint density at radius 3 is 2.77 bits per heavy atom. The first-order valence-electron chi connectivity index (χ1n) is 7.34. The highest BCUT2D eigenvalue weighted by Gasteiger charge is 2.26. The summed E-state index contributed by atoms with van der Waals surface area (Å²) in [6, 6.07) is 14.2. The highest BCUT2D eigenvalue weighted by molar-refractivity contribution is 6.00. The summed E-state index contributed by atoms with van der Waals surface area (Å²) < 4.78 is 6.01. The molecule has 0 radical (unpaired) electrons. The first-order chi connectivity index (χ1) is 10.7. The zero-order chi connectivity index (χ0) is 14.8. The standard InChI is InChI=1S/C19H14N2O/c20-12-5-6-13-10(8-12)7-11-9-15(21)19-18(17(11)13)14-3-1-2-4-16(14)22-19/h1-8H,9,20-21H2. The predicted molar refractivity (Wildman–Crippen MR) is 89.0 cm³/mol. The zero-order valence-corrected chi connectivity index (χ0v) is 11.9. The van der Waals surface area contributed by atoms with Crippen molar-refractivity contribution in [3.8, 4) is 0 Å². The van der Waals surface area contributed by atoms with Gasteiger partial charge in [-0.2, -0.15) is 0 Å². The van der Waals surface area contributed by atoms with Gasteiger partial charge in [0.25, 0.3) is 0 Å². The Bertz CT molecular complexity index is 1120. The average Bonchev–Trinajstić information content (AvgIpc) is 3.04. The van der Waals surface area contributed by atoms with E-state index in [9.17, 15) is 0 Å². The van der Waals surface area contributed by atoms with Crippen molar-refractivity contribution in [1.82, 2.24) is 0 Å². The summed E-state index contributed by atoms with van der Waals surface area (Å²) in [6.45, 7) is 0. The highest BCUT2D eigenvalue weighted by atomic mass is 16.3. The van der Waals surface area contributed by atoms with Gasteiger partial charge in [0.1, 0.15) is 5.58 Å². The molecule has 1 heterocycles. The Labute approximate surface area is 126 Å². The summed E-state index contributed by atoms with van der Waals surface area (Å²) in [5.41, 5.74) is 20.3. The SMILES string of the molecule is NC1=c2oc3ccccc3c2=C2C(=Cc3cc(N)ccc32)C1. The van der Waals surface area contributed by atoms with Crippen LogP contribution in [0.2, 0.25) is 0 Å². The number of para-hydroxylation sites is 1. The molecule has 4 N–H and O–H groups in total. The van der Waals surface area contributed by atoms with Crippen molar-refractivity contribution in [2.45, 2.75) is 6.42 Å². The number of anilines is 1. The molecule has 3 aromatic rings. The van der Waals surface area contributed by atoms with Crippen LogP contribution >= 0.6 is 0 Å². The van der Waals surface area contributed by atoms with Crippen LogP contribution in [0.3, 0.4) is 0 Å².